The number of nitrogens with zero attached hydrogens (tertiary/aromatic N) is 1. The minimum atomic E-state index is -4.33. The van der Waals surface area contributed by atoms with Crippen LogP contribution in [-0.4, -0.2) is 55.1 Å². The zero-order valence-corrected chi connectivity index (χ0v) is 33.6. The monoisotopic (exact) mass is 760 g/mol. The Bertz CT molecular complexity index is 1930. The van der Waals surface area contributed by atoms with Gasteiger partial charge >= 0.3 is 5.97 Å². The maximum atomic E-state index is 14.6. The maximum absolute atomic E-state index is 14.6. The molecule has 1 heterocycles. The number of nitrogens with one attached hydrogen (secondary N) is 1. The van der Waals surface area contributed by atoms with E-state index in [1.807, 2.05) is 44.2 Å². The van der Waals surface area contributed by atoms with Gasteiger partial charge in [-0.05, 0) is 86.8 Å². The van der Waals surface area contributed by atoms with Gasteiger partial charge in [-0.3, -0.25) is 19.2 Å². The fraction of sp³-hybridized carbons (Fsp3) is 0.581. The van der Waals surface area contributed by atoms with Crippen LogP contribution in [0.2, 0.25) is 0 Å². The summed E-state index contributed by atoms with van der Waals surface area (Å²) < 4.78 is 40.9. The molecule has 2 aromatic carbocycles. The van der Waals surface area contributed by atoms with Crippen molar-refractivity contribution in [1.29, 1.82) is 0 Å². The molecule has 3 aliphatic carbocycles. The smallest absolute Gasteiger partial charge is 0.307 e. The van der Waals surface area contributed by atoms with E-state index in [4.69, 9.17) is 9.47 Å². The molecular formula is C43H56N2O8S. The number of carbonyl (C=O) groups is 4. The van der Waals surface area contributed by atoms with Crippen LogP contribution >= 0.6 is 0 Å². The van der Waals surface area contributed by atoms with E-state index in [-0.39, 0.29) is 64.6 Å². The first-order valence-corrected chi connectivity index (χ1v) is 20.7. The van der Waals surface area contributed by atoms with Crippen LogP contribution in [-0.2, 0) is 40.5 Å². The number of esters is 1. The number of carbonyl (C=O) groups excluding carboxylic acids is 4. The molecule has 2 spiro atoms. The van der Waals surface area contributed by atoms with Gasteiger partial charge in [0.15, 0.2) is 5.78 Å². The van der Waals surface area contributed by atoms with Gasteiger partial charge in [0.1, 0.15) is 18.0 Å². The van der Waals surface area contributed by atoms with Gasteiger partial charge in [0.25, 0.3) is 10.0 Å². The molecule has 4 aliphatic rings. The number of sulfonamides is 1. The summed E-state index contributed by atoms with van der Waals surface area (Å²) in [6, 6.07) is 14.6. The van der Waals surface area contributed by atoms with E-state index in [2.05, 4.69) is 25.1 Å². The molecule has 4 fully saturated rings. The number of ketones is 1. The predicted octanol–water partition coefficient (Wildman–Crippen LogP) is 7.02. The number of fused-ring (bicyclic) bond motifs is 1. The third-order valence-electron chi connectivity index (χ3n) is 13.3. The van der Waals surface area contributed by atoms with Crippen molar-refractivity contribution in [3.63, 3.8) is 0 Å². The Morgan fingerprint density at radius 1 is 1.00 bits per heavy atom. The highest BCUT2D eigenvalue weighted by molar-refractivity contribution is 7.90. The van der Waals surface area contributed by atoms with Gasteiger partial charge < -0.3 is 14.4 Å². The summed E-state index contributed by atoms with van der Waals surface area (Å²) in [5, 5.41) is 0. The van der Waals surface area contributed by atoms with Gasteiger partial charge in [0.2, 0.25) is 11.8 Å². The fourth-order valence-electron chi connectivity index (χ4n) is 9.87. The lowest BCUT2D eigenvalue weighted by Gasteiger charge is -2.32. The van der Waals surface area contributed by atoms with Crippen molar-refractivity contribution in [2.75, 3.05) is 6.54 Å². The summed E-state index contributed by atoms with van der Waals surface area (Å²) in [5.74, 6) is -2.74. The normalized spacial score (nSPS) is 26.9. The molecule has 0 unspecified atom stereocenters. The SMILES string of the molecule is C=C[C@@H]1C[C@]1(CC(=O)[C@@H]1C[C@@]2(CN1C(=O)[C@@H](CC(=O)OC(C)(C)C)C(C)C)C(C)(C)C21CCC1)C(=O)NS(=O)(=O)c1cccc(OCc2ccccc2)c1. The number of hydrogen-bond donors (Lipinski definition) is 1. The number of rotatable bonds is 14. The summed E-state index contributed by atoms with van der Waals surface area (Å²) in [4.78, 5) is 57.8. The van der Waals surface area contributed by atoms with Gasteiger partial charge in [-0.1, -0.05) is 76.6 Å². The van der Waals surface area contributed by atoms with Crippen LogP contribution in [0.15, 0.2) is 72.1 Å². The highest BCUT2D eigenvalue weighted by Gasteiger charge is 2.85. The molecule has 54 heavy (non-hydrogen) atoms. The first kappa shape index (κ1) is 39.7. The number of benzene rings is 2. The summed E-state index contributed by atoms with van der Waals surface area (Å²) in [6.45, 7) is 18.1. The molecule has 292 valence electrons. The van der Waals surface area contributed by atoms with Crippen LogP contribution < -0.4 is 9.46 Å². The Kier molecular flexibility index (Phi) is 10.2. The minimum absolute atomic E-state index is 0.0395. The largest absolute Gasteiger partial charge is 0.489 e. The summed E-state index contributed by atoms with van der Waals surface area (Å²) >= 11 is 0. The average molecular weight is 761 g/mol. The molecule has 0 aromatic heterocycles. The Balaban J connectivity index is 1.22. The number of hydrogen-bond acceptors (Lipinski definition) is 8. The lowest BCUT2D eigenvalue weighted by atomic mass is 9.73. The van der Waals surface area contributed by atoms with E-state index < -0.39 is 50.8 Å². The maximum Gasteiger partial charge on any atom is 0.307 e. The van der Waals surface area contributed by atoms with Crippen LogP contribution in [0.1, 0.15) is 99.0 Å². The summed E-state index contributed by atoms with van der Waals surface area (Å²) in [6.07, 6.45) is 5.18. The van der Waals surface area contributed by atoms with Crippen molar-refractivity contribution >= 4 is 33.6 Å². The van der Waals surface area contributed by atoms with E-state index in [1.165, 1.54) is 12.1 Å². The first-order chi connectivity index (χ1) is 25.2. The number of ether oxygens (including phenoxy) is 2. The van der Waals surface area contributed by atoms with Crippen LogP contribution in [0, 0.1) is 39.4 Å². The Morgan fingerprint density at radius 2 is 1.69 bits per heavy atom. The molecule has 2 amide bonds. The van der Waals surface area contributed by atoms with Crippen molar-refractivity contribution in [2.24, 2.45) is 39.4 Å². The molecule has 0 bridgehead atoms. The van der Waals surface area contributed by atoms with Crippen molar-refractivity contribution in [1.82, 2.24) is 9.62 Å². The molecule has 2 aromatic rings. The third kappa shape index (κ3) is 6.90. The van der Waals surface area contributed by atoms with Crippen LogP contribution in [0.3, 0.4) is 0 Å². The Morgan fingerprint density at radius 3 is 2.24 bits per heavy atom. The van der Waals surface area contributed by atoms with E-state index in [0.717, 1.165) is 24.8 Å². The van der Waals surface area contributed by atoms with E-state index in [0.29, 0.717) is 18.7 Å². The van der Waals surface area contributed by atoms with Gasteiger partial charge in [-0.25, -0.2) is 13.1 Å². The zero-order valence-electron chi connectivity index (χ0n) is 32.8. The molecule has 1 aliphatic heterocycles. The van der Waals surface area contributed by atoms with E-state index in [1.54, 1.807) is 43.9 Å². The summed E-state index contributed by atoms with van der Waals surface area (Å²) in [7, 11) is -4.33. The molecular weight excluding hydrogens is 705 g/mol. The second-order valence-corrected chi connectivity index (χ2v) is 19.7. The second kappa shape index (κ2) is 13.9. The van der Waals surface area contributed by atoms with Crippen molar-refractivity contribution in [3.8, 4) is 5.75 Å². The number of allylic oxidation sites excluding steroid dienone is 1. The molecule has 1 N–H and O–H groups in total. The van der Waals surface area contributed by atoms with Gasteiger partial charge in [-0.2, -0.15) is 0 Å². The average Bonchev–Trinajstić information content (AvgIpc) is 3.80. The van der Waals surface area contributed by atoms with Crippen molar-refractivity contribution in [2.45, 2.75) is 117 Å². The van der Waals surface area contributed by atoms with Crippen LogP contribution in [0.4, 0.5) is 0 Å². The van der Waals surface area contributed by atoms with Crippen molar-refractivity contribution in [3.05, 3.63) is 72.8 Å². The van der Waals surface area contributed by atoms with Crippen LogP contribution in [0.25, 0.3) is 0 Å². The quantitative estimate of drug-likeness (QED) is 0.160. The number of likely N-dealkylation sites (tertiary alicyclic amines) is 1. The van der Waals surface area contributed by atoms with Crippen molar-refractivity contribution < 1.29 is 37.1 Å². The Hall–Kier alpha value is -3.99. The standard InChI is InChI=1S/C43H56N2O8S/c1-9-30-23-41(30,38(49)44-54(50,51)32-18-13-17-31(21-32)52-26-29-15-11-10-12-16-29)25-35(46)34-24-43(40(7,8)42(43)19-14-20-42)27-45(34)37(48)33(28(2)3)22-36(47)53-39(4,5)6/h9-13,15-18,21,28,30,33-34H,1,14,19-20,22-27H2,2-8H3,(H,44,49)/t30-,33+,34+,41-,43-/m1/s1. The summed E-state index contributed by atoms with van der Waals surface area (Å²) in [5.41, 5.74) is -1.42. The lowest BCUT2D eigenvalue weighted by molar-refractivity contribution is -0.159. The minimum Gasteiger partial charge on any atom is -0.489 e. The van der Waals surface area contributed by atoms with E-state index >= 15 is 0 Å². The van der Waals surface area contributed by atoms with Crippen LogP contribution in [0.5, 0.6) is 5.75 Å². The molecule has 11 heteroatoms. The first-order valence-electron chi connectivity index (χ1n) is 19.2. The highest BCUT2D eigenvalue weighted by atomic mass is 32.2. The molecule has 0 radical (unpaired) electrons. The fourth-order valence-corrected chi connectivity index (χ4v) is 11.0. The molecule has 5 atom stereocenters. The van der Waals surface area contributed by atoms with Gasteiger partial charge in [0, 0.05) is 24.4 Å². The molecule has 3 saturated carbocycles. The predicted molar refractivity (Wildman–Crippen MR) is 204 cm³/mol. The van der Waals surface area contributed by atoms with E-state index in [9.17, 15) is 27.6 Å². The lowest BCUT2D eigenvalue weighted by Crippen LogP contribution is -2.47. The van der Waals surface area contributed by atoms with Gasteiger partial charge in [-0.15, -0.1) is 6.58 Å². The topological polar surface area (TPSA) is 136 Å². The Labute approximate surface area is 320 Å². The molecule has 10 nitrogen and oxygen atoms in total. The second-order valence-electron chi connectivity index (χ2n) is 18.0. The third-order valence-corrected chi connectivity index (χ3v) is 14.7. The number of Topliss-reactive ketones (excluding diaryl/α,β-unsaturated/α-hetero) is 1. The zero-order chi connectivity index (χ0) is 39.5. The highest BCUT2D eigenvalue weighted by Crippen LogP contribution is 2.88. The molecule has 6 rings (SSSR count). The molecule has 1 saturated heterocycles. The van der Waals surface area contributed by atoms with Gasteiger partial charge in [0.05, 0.1) is 28.7 Å². The number of amides is 2.